The van der Waals surface area contributed by atoms with E-state index in [0.29, 0.717) is 18.0 Å². The summed E-state index contributed by atoms with van der Waals surface area (Å²) in [4.78, 5) is 12.4. The Morgan fingerprint density at radius 3 is 3.04 bits per heavy atom. The van der Waals surface area contributed by atoms with Gasteiger partial charge in [-0.05, 0) is 37.6 Å². The molecule has 0 aliphatic carbocycles. The number of aromatic nitrogens is 3. The van der Waals surface area contributed by atoms with Crippen LogP contribution in [0, 0.1) is 0 Å². The van der Waals surface area contributed by atoms with Crippen molar-refractivity contribution < 1.29 is 19.0 Å². The highest BCUT2D eigenvalue weighted by atomic mass is 16.7. The van der Waals surface area contributed by atoms with Crippen LogP contribution in [-0.4, -0.2) is 40.3 Å². The molecule has 7 heteroatoms. The first-order chi connectivity index (χ1) is 12.8. The zero-order chi connectivity index (χ0) is 17.9. The summed E-state index contributed by atoms with van der Waals surface area (Å²) in [6.07, 6.45) is 2.85. The van der Waals surface area contributed by atoms with E-state index in [2.05, 4.69) is 10.3 Å². The first-order valence-electron chi connectivity index (χ1n) is 8.94. The third kappa shape index (κ3) is 3.15. The number of hydrogen-bond acceptors (Lipinski definition) is 6. The van der Waals surface area contributed by atoms with Gasteiger partial charge in [-0.15, -0.1) is 5.10 Å². The number of nitrogens with zero attached hydrogens (tertiary/aromatic N) is 3. The van der Waals surface area contributed by atoms with Crippen molar-refractivity contribution in [1.82, 2.24) is 14.8 Å². The predicted molar refractivity (Wildman–Crippen MR) is 94.8 cm³/mol. The van der Waals surface area contributed by atoms with Crippen LogP contribution < -0.4 is 0 Å². The number of esters is 1. The highest BCUT2D eigenvalue weighted by Crippen LogP contribution is 2.25. The van der Waals surface area contributed by atoms with Crippen LogP contribution in [0.25, 0.3) is 16.3 Å². The van der Waals surface area contributed by atoms with Crippen molar-refractivity contribution >= 4 is 22.3 Å². The van der Waals surface area contributed by atoms with Gasteiger partial charge in [0.2, 0.25) is 0 Å². The lowest BCUT2D eigenvalue weighted by atomic mass is 10.1. The van der Waals surface area contributed by atoms with Gasteiger partial charge in [0.15, 0.2) is 12.0 Å². The molecule has 1 fully saturated rings. The van der Waals surface area contributed by atoms with Crippen LogP contribution in [-0.2, 0) is 20.8 Å². The zero-order valence-corrected chi connectivity index (χ0v) is 14.7. The predicted octanol–water partition coefficient (Wildman–Crippen LogP) is 3.10. The molecule has 26 heavy (non-hydrogen) atoms. The average molecular weight is 355 g/mol. The fraction of sp³-hybridized carbons (Fsp3) is 0.421. The summed E-state index contributed by atoms with van der Waals surface area (Å²) in [5.41, 5.74) is 1.80. The Hall–Kier alpha value is -2.51. The lowest BCUT2D eigenvalue weighted by Crippen LogP contribution is -2.22. The third-order valence-electron chi connectivity index (χ3n) is 4.50. The van der Waals surface area contributed by atoms with E-state index in [1.807, 2.05) is 24.3 Å². The second-order valence-electron chi connectivity index (χ2n) is 6.24. The molecule has 0 radical (unpaired) electrons. The molecule has 0 bridgehead atoms. The Kier molecular flexibility index (Phi) is 4.81. The monoisotopic (exact) mass is 355 g/mol. The topological polar surface area (TPSA) is 75.0 Å². The molecule has 0 saturated carbocycles. The summed E-state index contributed by atoms with van der Waals surface area (Å²) in [5, 5.41) is 10.3. The molecular formula is C19H21N3O4. The summed E-state index contributed by atoms with van der Waals surface area (Å²) in [6.45, 7) is 3.09. The second kappa shape index (κ2) is 7.39. The van der Waals surface area contributed by atoms with E-state index >= 15 is 0 Å². The number of rotatable bonds is 5. The van der Waals surface area contributed by atoms with Crippen LogP contribution in [0.5, 0.6) is 0 Å². The molecule has 2 aromatic heterocycles. The number of pyridine rings is 1. The largest absolute Gasteiger partial charge is 0.461 e. The van der Waals surface area contributed by atoms with Gasteiger partial charge >= 0.3 is 5.97 Å². The van der Waals surface area contributed by atoms with Crippen LogP contribution in [0.2, 0.25) is 0 Å². The van der Waals surface area contributed by atoms with Gasteiger partial charge in [-0.2, -0.15) is 0 Å². The molecule has 136 valence electrons. The van der Waals surface area contributed by atoms with Crippen LogP contribution in [0.4, 0.5) is 0 Å². The van der Waals surface area contributed by atoms with E-state index in [1.54, 1.807) is 17.5 Å². The summed E-state index contributed by atoms with van der Waals surface area (Å²) in [6, 6.07) is 9.62. The van der Waals surface area contributed by atoms with Gasteiger partial charge < -0.3 is 14.2 Å². The summed E-state index contributed by atoms with van der Waals surface area (Å²) in [5.74, 6) is -0.420. The maximum absolute atomic E-state index is 12.4. The summed E-state index contributed by atoms with van der Waals surface area (Å²) in [7, 11) is 0. The molecular weight excluding hydrogens is 334 g/mol. The Morgan fingerprint density at radius 1 is 1.35 bits per heavy atom. The van der Waals surface area contributed by atoms with Gasteiger partial charge in [0.25, 0.3) is 0 Å². The van der Waals surface area contributed by atoms with Crippen LogP contribution in [0.15, 0.2) is 30.3 Å². The van der Waals surface area contributed by atoms with Crippen LogP contribution >= 0.6 is 0 Å². The maximum Gasteiger partial charge on any atom is 0.357 e. The van der Waals surface area contributed by atoms with Gasteiger partial charge in [-0.3, -0.25) is 0 Å². The second-order valence-corrected chi connectivity index (χ2v) is 6.24. The quantitative estimate of drug-likeness (QED) is 0.655. The van der Waals surface area contributed by atoms with Crippen LogP contribution in [0.3, 0.4) is 0 Å². The third-order valence-corrected chi connectivity index (χ3v) is 4.50. The van der Waals surface area contributed by atoms with E-state index in [0.717, 1.165) is 42.2 Å². The smallest absolute Gasteiger partial charge is 0.357 e. The van der Waals surface area contributed by atoms with Crippen molar-refractivity contribution in [2.75, 3.05) is 13.2 Å². The first-order valence-corrected chi connectivity index (χ1v) is 8.94. The molecule has 1 aliphatic heterocycles. The van der Waals surface area contributed by atoms with Gasteiger partial charge in [-0.1, -0.05) is 29.5 Å². The van der Waals surface area contributed by atoms with Crippen LogP contribution in [0.1, 0.15) is 42.4 Å². The standard InChI is InChI=1S/C19H21N3O4/c1-2-24-19(23)16-11-13-7-3-4-8-14(13)18-15(20-21-22(16)18)12-26-17-9-5-6-10-25-17/h3-4,7-8,11,17H,2,5-6,9-10,12H2,1H3. The molecule has 4 rings (SSSR count). The Balaban J connectivity index is 1.75. The zero-order valence-electron chi connectivity index (χ0n) is 14.7. The van der Waals surface area contributed by atoms with E-state index < -0.39 is 5.97 Å². The molecule has 3 heterocycles. The number of fused-ring (bicyclic) bond motifs is 3. The molecule has 3 aromatic rings. The molecule has 7 nitrogen and oxygen atoms in total. The average Bonchev–Trinajstić information content (AvgIpc) is 3.11. The molecule has 1 atom stereocenters. The van der Waals surface area contributed by atoms with E-state index in [4.69, 9.17) is 14.2 Å². The highest BCUT2D eigenvalue weighted by molar-refractivity contribution is 6.01. The Morgan fingerprint density at radius 2 is 2.23 bits per heavy atom. The van der Waals surface area contributed by atoms with Crippen molar-refractivity contribution in [2.24, 2.45) is 0 Å². The first kappa shape index (κ1) is 16.9. The fourth-order valence-corrected chi connectivity index (χ4v) is 3.26. The summed E-state index contributed by atoms with van der Waals surface area (Å²) >= 11 is 0. The van der Waals surface area contributed by atoms with E-state index in [1.165, 1.54) is 0 Å². The Labute approximate surface area is 150 Å². The molecule has 1 aromatic carbocycles. The maximum atomic E-state index is 12.4. The van der Waals surface area contributed by atoms with Crippen molar-refractivity contribution in [3.63, 3.8) is 0 Å². The van der Waals surface area contributed by atoms with Gasteiger partial charge in [0.05, 0.1) is 13.2 Å². The molecule has 1 saturated heterocycles. The van der Waals surface area contributed by atoms with Crippen molar-refractivity contribution in [3.05, 3.63) is 41.7 Å². The Bertz CT molecular complexity index is 931. The number of ether oxygens (including phenoxy) is 3. The molecule has 1 unspecified atom stereocenters. The fourth-order valence-electron chi connectivity index (χ4n) is 3.26. The minimum Gasteiger partial charge on any atom is -0.461 e. The molecule has 1 aliphatic rings. The normalized spacial score (nSPS) is 17.7. The molecule has 0 spiro atoms. The van der Waals surface area contributed by atoms with E-state index in [-0.39, 0.29) is 12.9 Å². The SMILES string of the molecule is CCOC(=O)c1cc2ccccc2c2c(COC3CCCCO3)nnn12. The number of hydrogen-bond donors (Lipinski definition) is 0. The van der Waals surface area contributed by atoms with Crippen molar-refractivity contribution in [1.29, 1.82) is 0 Å². The number of benzene rings is 1. The van der Waals surface area contributed by atoms with Gasteiger partial charge in [0, 0.05) is 12.0 Å². The highest BCUT2D eigenvalue weighted by Gasteiger charge is 2.21. The summed E-state index contributed by atoms with van der Waals surface area (Å²) < 4.78 is 18.2. The number of carbonyl (C=O) groups excluding carboxylic acids is 1. The lowest BCUT2D eigenvalue weighted by Gasteiger charge is -2.22. The van der Waals surface area contributed by atoms with Crippen molar-refractivity contribution in [2.45, 2.75) is 39.1 Å². The number of carbonyl (C=O) groups is 1. The minimum atomic E-state index is -0.420. The van der Waals surface area contributed by atoms with Gasteiger partial charge in [-0.25, -0.2) is 9.31 Å². The van der Waals surface area contributed by atoms with Gasteiger partial charge in [0.1, 0.15) is 11.2 Å². The molecule has 0 N–H and O–H groups in total. The lowest BCUT2D eigenvalue weighted by molar-refractivity contribution is -0.169. The van der Waals surface area contributed by atoms with E-state index in [9.17, 15) is 4.79 Å². The minimum absolute atomic E-state index is 0.208. The van der Waals surface area contributed by atoms with Crippen molar-refractivity contribution in [3.8, 4) is 0 Å². The molecule has 0 amide bonds.